The molecule has 2 aromatic carbocycles. The number of carbonyl (C=O) groups is 1. The maximum absolute atomic E-state index is 12.7. The zero-order valence-corrected chi connectivity index (χ0v) is 17.6. The summed E-state index contributed by atoms with van der Waals surface area (Å²) in [6.45, 7) is 0.844. The van der Waals surface area contributed by atoms with Gasteiger partial charge >= 0.3 is 0 Å². The molecule has 7 heteroatoms. The largest absolute Gasteiger partial charge is 0.497 e. The Kier molecular flexibility index (Phi) is 6.46. The van der Waals surface area contributed by atoms with Crippen LogP contribution in [0.25, 0.3) is 10.8 Å². The molecule has 0 saturated carbocycles. The van der Waals surface area contributed by atoms with Crippen LogP contribution < -0.4 is 4.74 Å². The maximum atomic E-state index is 12.7. The first-order valence-electron chi connectivity index (χ1n) is 9.50. The predicted molar refractivity (Wildman–Crippen MR) is 114 cm³/mol. The molecule has 0 aliphatic carbocycles. The summed E-state index contributed by atoms with van der Waals surface area (Å²) < 4.78 is 28.8. The molecule has 3 rings (SSSR count). The van der Waals surface area contributed by atoms with Crippen LogP contribution in [0.3, 0.4) is 0 Å². The summed E-state index contributed by atoms with van der Waals surface area (Å²) in [7, 11) is 0.356. The van der Waals surface area contributed by atoms with Gasteiger partial charge in [-0.2, -0.15) is 0 Å². The number of carbonyl (C=O) groups excluding carboxylic acids is 1. The van der Waals surface area contributed by atoms with Crippen molar-refractivity contribution in [3.63, 3.8) is 0 Å². The fraction of sp³-hybridized carbons (Fsp3) is 0.409. The van der Waals surface area contributed by atoms with Crippen molar-refractivity contribution in [1.82, 2.24) is 9.80 Å². The minimum atomic E-state index is -3.03. The molecule has 1 aliphatic heterocycles. The van der Waals surface area contributed by atoms with Crippen LogP contribution in [0.1, 0.15) is 12.0 Å². The first kappa shape index (κ1) is 21.2. The Morgan fingerprint density at radius 1 is 1.24 bits per heavy atom. The average molecular weight is 415 g/mol. The SMILES string of the molecule is C#CCN(CC(=O)N(C)Cc1ccc2cc(OC)ccc2c1)C1CCS(=O)(=O)C1. The predicted octanol–water partition coefficient (Wildman–Crippen LogP) is 1.93. The van der Waals surface area contributed by atoms with Crippen LogP contribution in [0.15, 0.2) is 36.4 Å². The van der Waals surface area contributed by atoms with Crippen LogP contribution in [-0.4, -0.2) is 68.9 Å². The number of fused-ring (bicyclic) bond motifs is 1. The highest BCUT2D eigenvalue weighted by molar-refractivity contribution is 7.91. The number of terminal acetylenes is 1. The molecule has 0 aromatic heterocycles. The van der Waals surface area contributed by atoms with Gasteiger partial charge in [-0.05, 0) is 41.0 Å². The van der Waals surface area contributed by atoms with Crippen molar-refractivity contribution in [2.45, 2.75) is 19.0 Å². The fourth-order valence-corrected chi connectivity index (χ4v) is 5.41. The Bertz CT molecular complexity index is 1040. The Morgan fingerprint density at radius 2 is 1.97 bits per heavy atom. The third kappa shape index (κ3) is 5.28. The van der Waals surface area contributed by atoms with Crippen molar-refractivity contribution in [1.29, 1.82) is 0 Å². The fourth-order valence-electron chi connectivity index (χ4n) is 3.65. The van der Waals surface area contributed by atoms with Crippen LogP contribution in [0.2, 0.25) is 0 Å². The summed E-state index contributed by atoms with van der Waals surface area (Å²) in [6.07, 6.45) is 5.96. The van der Waals surface area contributed by atoms with E-state index in [1.807, 2.05) is 30.3 Å². The van der Waals surface area contributed by atoms with Crippen molar-refractivity contribution in [3.05, 3.63) is 42.0 Å². The number of rotatable bonds is 7. The molecule has 1 heterocycles. The first-order chi connectivity index (χ1) is 13.8. The van der Waals surface area contributed by atoms with E-state index >= 15 is 0 Å². The summed E-state index contributed by atoms with van der Waals surface area (Å²) in [5.74, 6) is 3.49. The van der Waals surface area contributed by atoms with E-state index < -0.39 is 9.84 Å². The minimum Gasteiger partial charge on any atom is -0.497 e. The molecule has 6 nitrogen and oxygen atoms in total. The lowest BCUT2D eigenvalue weighted by molar-refractivity contribution is -0.132. The van der Waals surface area contributed by atoms with E-state index in [9.17, 15) is 13.2 Å². The second-order valence-electron chi connectivity index (χ2n) is 7.46. The van der Waals surface area contributed by atoms with Gasteiger partial charge in [0.2, 0.25) is 5.91 Å². The molecule has 1 saturated heterocycles. The molecule has 0 spiro atoms. The van der Waals surface area contributed by atoms with E-state index in [1.165, 1.54) is 0 Å². The van der Waals surface area contributed by atoms with E-state index in [-0.39, 0.29) is 36.5 Å². The summed E-state index contributed by atoms with van der Waals surface area (Å²) in [5.41, 5.74) is 1.02. The van der Waals surface area contributed by atoms with E-state index in [2.05, 4.69) is 12.0 Å². The van der Waals surface area contributed by atoms with Gasteiger partial charge in [-0.15, -0.1) is 6.42 Å². The van der Waals surface area contributed by atoms with Crippen LogP contribution in [-0.2, 0) is 21.2 Å². The molecule has 0 N–H and O–H groups in total. The van der Waals surface area contributed by atoms with Crippen LogP contribution in [0.5, 0.6) is 5.75 Å². The molecule has 1 aliphatic rings. The highest BCUT2D eigenvalue weighted by atomic mass is 32.2. The van der Waals surface area contributed by atoms with Gasteiger partial charge in [0.1, 0.15) is 5.75 Å². The minimum absolute atomic E-state index is 0.0693. The lowest BCUT2D eigenvalue weighted by atomic mass is 10.1. The first-order valence-corrected chi connectivity index (χ1v) is 11.3. The average Bonchev–Trinajstić information content (AvgIpc) is 3.06. The number of benzene rings is 2. The Morgan fingerprint density at radius 3 is 2.62 bits per heavy atom. The molecule has 0 radical (unpaired) electrons. The highest BCUT2D eigenvalue weighted by Crippen LogP contribution is 2.22. The van der Waals surface area contributed by atoms with E-state index in [4.69, 9.17) is 11.2 Å². The molecule has 154 valence electrons. The van der Waals surface area contributed by atoms with Gasteiger partial charge in [0.15, 0.2) is 9.84 Å². The van der Waals surface area contributed by atoms with Gasteiger partial charge in [-0.3, -0.25) is 9.69 Å². The topological polar surface area (TPSA) is 66.9 Å². The highest BCUT2D eigenvalue weighted by Gasteiger charge is 2.33. The number of methoxy groups -OCH3 is 1. The Balaban J connectivity index is 1.66. The van der Waals surface area contributed by atoms with Gasteiger partial charge < -0.3 is 9.64 Å². The van der Waals surface area contributed by atoms with Gasteiger partial charge in [-0.25, -0.2) is 8.42 Å². The number of likely N-dealkylation sites (N-methyl/N-ethyl adjacent to an activating group) is 1. The zero-order chi connectivity index (χ0) is 21.0. The number of hydrogen-bond acceptors (Lipinski definition) is 5. The van der Waals surface area contributed by atoms with Crippen LogP contribution in [0.4, 0.5) is 0 Å². The molecule has 0 bridgehead atoms. The number of sulfone groups is 1. The van der Waals surface area contributed by atoms with Crippen molar-refractivity contribution >= 4 is 26.5 Å². The quantitative estimate of drug-likeness (QED) is 0.648. The van der Waals surface area contributed by atoms with Gasteiger partial charge in [0, 0.05) is 19.6 Å². The van der Waals surface area contributed by atoms with Crippen molar-refractivity contribution in [2.24, 2.45) is 0 Å². The molecular weight excluding hydrogens is 388 g/mol. The van der Waals surface area contributed by atoms with Gasteiger partial charge in [0.25, 0.3) is 0 Å². The maximum Gasteiger partial charge on any atom is 0.236 e. The second kappa shape index (κ2) is 8.85. The van der Waals surface area contributed by atoms with E-state index in [0.29, 0.717) is 13.0 Å². The molecule has 2 aromatic rings. The van der Waals surface area contributed by atoms with Gasteiger partial charge in [0.05, 0.1) is 31.7 Å². The van der Waals surface area contributed by atoms with E-state index in [0.717, 1.165) is 22.1 Å². The Labute approximate surface area is 172 Å². The molecular formula is C22H26N2O4S. The number of hydrogen-bond donors (Lipinski definition) is 0. The third-order valence-electron chi connectivity index (χ3n) is 5.31. The van der Waals surface area contributed by atoms with E-state index in [1.54, 1.807) is 24.0 Å². The molecule has 1 unspecified atom stereocenters. The standard InChI is InChI=1S/C22H26N2O4S/c1-4-10-24(20-9-11-29(26,27)16-20)15-22(25)23(2)14-17-5-6-19-13-21(28-3)8-7-18(19)12-17/h1,5-8,12-13,20H,9-11,14-16H2,2-3H3. The summed E-state index contributed by atoms with van der Waals surface area (Å²) in [5, 5.41) is 2.15. The normalized spacial score (nSPS) is 17.9. The van der Waals surface area contributed by atoms with Crippen LogP contribution >= 0.6 is 0 Å². The smallest absolute Gasteiger partial charge is 0.236 e. The zero-order valence-electron chi connectivity index (χ0n) is 16.8. The monoisotopic (exact) mass is 414 g/mol. The summed E-state index contributed by atoms with van der Waals surface area (Å²) in [4.78, 5) is 16.2. The van der Waals surface area contributed by atoms with Gasteiger partial charge in [-0.1, -0.05) is 24.1 Å². The van der Waals surface area contributed by atoms with Crippen molar-refractivity contribution < 1.29 is 17.9 Å². The lowest BCUT2D eigenvalue weighted by Crippen LogP contribution is -2.44. The summed E-state index contributed by atoms with van der Waals surface area (Å²) >= 11 is 0. The molecule has 1 atom stereocenters. The molecule has 1 amide bonds. The summed E-state index contributed by atoms with van der Waals surface area (Å²) in [6, 6.07) is 11.8. The van der Waals surface area contributed by atoms with Crippen molar-refractivity contribution in [2.75, 3.05) is 38.8 Å². The molecule has 1 fully saturated rings. The number of amides is 1. The van der Waals surface area contributed by atoms with Crippen molar-refractivity contribution in [3.8, 4) is 18.1 Å². The third-order valence-corrected chi connectivity index (χ3v) is 7.07. The lowest BCUT2D eigenvalue weighted by Gasteiger charge is -2.27. The molecule has 29 heavy (non-hydrogen) atoms. The number of ether oxygens (including phenoxy) is 1. The van der Waals surface area contributed by atoms with Crippen LogP contribution in [0, 0.1) is 12.3 Å². The Hall–Kier alpha value is -2.56. The number of nitrogens with zero attached hydrogens (tertiary/aromatic N) is 2. The second-order valence-corrected chi connectivity index (χ2v) is 9.69.